The van der Waals surface area contributed by atoms with Gasteiger partial charge in [-0.2, -0.15) is 13.2 Å². The van der Waals surface area contributed by atoms with Crippen molar-refractivity contribution in [3.8, 4) is 0 Å². The second-order valence-electron chi connectivity index (χ2n) is 4.81. The van der Waals surface area contributed by atoms with E-state index in [2.05, 4.69) is 10.6 Å². The molecular formula is C14H18F3N3OS. The summed E-state index contributed by atoms with van der Waals surface area (Å²) >= 11 is 5.09. The molecule has 0 atom stereocenters. The molecule has 1 aliphatic rings. The lowest BCUT2D eigenvalue weighted by atomic mass is 10.1. The molecule has 8 heteroatoms. The largest absolute Gasteiger partial charge is 0.416 e. The third-order valence-corrected chi connectivity index (χ3v) is 3.51. The smallest absolute Gasteiger partial charge is 0.378 e. The number of anilines is 2. The van der Waals surface area contributed by atoms with Gasteiger partial charge >= 0.3 is 6.18 Å². The molecule has 2 rings (SSSR count). The lowest BCUT2D eigenvalue weighted by Crippen LogP contribution is -2.37. The average molecular weight is 333 g/mol. The van der Waals surface area contributed by atoms with Crippen LogP contribution in [0.3, 0.4) is 0 Å². The maximum Gasteiger partial charge on any atom is 0.416 e. The van der Waals surface area contributed by atoms with Crippen LogP contribution in [0.2, 0.25) is 0 Å². The average Bonchev–Trinajstić information content (AvgIpc) is 2.47. The molecule has 4 nitrogen and oxygen atoms in total. The fraction of sp³-hybridized carbons (Fsp3) is 0.500. The molecule has 0 unspecified atom stereocenters. The van der Waals surface area contributed by atoms with Crippen LogP contribution < -0.4 is 15.5 Å². The van der Waals surface area contributed by atoms with Gasteiger partial charge in [-0.3, -0.25) is 0 Å². The standard InChI is InChI=1S/C14H18F3N3OS/c1-2-18-13(22)19-11-9-10(14(15,16)17)3-4-12(11)20-5-7-21-8-6-20/h3-4,9H,2,5-8H2,1H3,(H2,18,19,22). The Balaban J connectivity index is 2.32. The number of nitrogens with zero attached hydrogens (tertiary/aromatic N) is 1. The number of benzene rings is 1. The molecule has 1 heterocycles. The molecular weight excluding hydrogens is 315 g/mol. The Kier molecular flexibility index (Phi) is 5.47. The van der Waals surface area contributed by atoms with Crippen molar-refractivity contribution in [3.05, 3.63) is 23.8 Å². The van der Waals surface area contributed by atoms with E-state index in [1.54, 1.807) is 0 Å². The number of alkyl halides is 3. The van der Waals surface area contributed by atoms with Gasteiger partial charge in [-0.15, -0.1) is 0 Å². The Labute approximate surface area is 132 Å². The molecule has 0 aromatic heterocycles. The van der Waals surface area contributed by atoms with Crippen molar-refractivity contribution in [1.82, 2.24) is 5.32 Å². The van der Waals surface area contributed by atoms with Crippen molar-refractivity contribution in [3.63, 3.8) is 0 Å². The summed E-state index contributed by atoms with van der Waals surface area (Å²) in [6.07, 6.45) is -4.39. The molecule has 1 aliphatic heterocycles. The first kappa shape index (κ1) is 16.8. The molecule has 122 valence electrons. The van der Waals surface area contributed by atoms with Crippen LogP contribution >= 0.6 is 12.2 Å². The van der Waals surface area contributed by atoms with Gasteiger partial charge in [-0.25, -0.2) is 0 Å². The van der Waals surface area contributed by atoms with Crippen LogP contribution in [0.4, 0.5) is 24.5 Å². The van der Waals surface area contributed by atoms with Gasteiger partial charge in [0.1, 0.15) is 0 Å². The topological polar surface area (TPSA) is 36.5 Å². The molecule has 0 bridgehead atoms. The van der Waals surface area contributed by atoms with Gasteiger partial charge in [0.2, 0.25) is 0 Å². The summed E-state index contributed by atoms with van der Waals surface area (Å²) in [5, 5.41) is 6.04. The van der Waals surface area contributed by atoms with Crippen LogP contribution in [-0.2, 0) is 10.9 Å². The number of hydrogen-bond donors (Lipinski definition) is 2. The quantitative estimate of drug-likeness (QED) is 0.832. The lowest BCUT2D eigenvalue weighted by Gasteiger charge is -2.31. The van der Waals surface area contributed by atoms with Crippen molar-refractivity contribution in [1.29, 1.82) is 0 Å². The number of thiocarbonyl (C=S) groups is 1. The Morgan fingerprint density at radius 1 is 1.32 bits per heavy atom. The van der Waals surface area contributed by atoms with E-state index in [0.717, 1.165) is 12.1 Å². The third kappa shape index (κ3) is 4.23. The minimum atomic E-state index is -4.39. The first-order valence-electron chi connectivity index (χ1n) is 7.00. The summed E-state index contributed by atoms with van der Waals surface area (Å²) < 4.78 is 44.0. The molecule has 0 aliphatic carbocycles. The highest BCUT2D eigenvalue weighted by Gasteiger charge is 2.31. The van der Waals surface area contributed by atoms with E-state index in [4.69, 9.17) is 17.0 Å². The fourth-order valence-corrected chi connectivity index (χ4v) is 2.47. The minimum absolute atomic E-state index is 0.302. The number of rotatable bonds is 3. The summed E-state index contributed by atoms with van der Waals surface area (Å²) in [4.78, 5) is 1.99. The van der Waals surface area contributed by atoms with E-state index in [9.17, 15) is 13.2 Å². The number of nitrogens with one attached hydrogen (secondary N) is 2. The Hall–Kier alpha value is -1.54. The second kappa shape index (κ2) is 7.15. The van der Waals surface area contributed by atoms with Crippen LogP contribution in [0, 0.1) is 0 Å². The molecule has 1 fully saturated rings. The van der Waals surface area contributed by atoms with E-state index in [-0.39, 0.29) is 0 Å². The van der Waals surface area contributed by atoms with Crippen molar-refractivity contribution in [2.45, 2.75) is 13.1 Å². The molecule has 1 saturated heterocycles. The van der Waals surface area contributed by atoms with Crippen LogP contribution in [0.1, 0.15) is 12.5 Å². The van der Waals surface area contributed by atoms with E-state index < -0.39 is 11.7 Å². The van der Waals surface area contributed by atoms with Gasteiger partial charge in [0.15, 0.2) is 5.11 Å². The number of hydrogen-bond acceptors (Lipinski definition) is 3. The molecule has 0 radical (unpaired) electrons. The maximum absolute atomic E-state index is 12.9. The molecule has 1 aromatic carbocycles. The fourth-order valence-electron chi connectivity index (χ4n) is 2.22. The lowest BCUT2D eigenvalue weighted by molar-refractivity contribution is -0.137. The first-order valence-corrected chi connectivity index (χ1v) is 7.41. The highest BCUT2D eigenvalue weighted by molar-refractivity contribution is 7.80. The van der Waals surface area contributed by atoms with Crippen molar-refractivity contribution >= 4 is 28.7 Å². The van der Waals surface area contributed by atoms with Gasteiger partial charge in [-0.1, -0.05) is 0 Å². The first-order chi connectivity index (χ1) is 10.4. The maximum atomic E-state index is 12.9. The van der Waals surface area contributed by atoms with Crippen LogP contribution in [0.25, 0.3) is 0 Å². The molecule has 2 N–H and O–H groups in total. The number of ether oxygens (including phenoxy) is 1. The number of morpholine rings is 1. The Morgan fingerprint density at radius 2 is 2.00 bits per heavy atom. The summed E-state index contributed by atoms with van der Waals surface area (Å²) in [5.41, 5.74) is 0.338. The SMILES string of the molecule is CCNC(=S)Nc1cc(C(F)(F)F)ccc1N1CCOCC1. The highest BCUT2D eigenvalue weighted by atomic mass is 32.1. The predicted octanol–water partition coefficient (Wildman–Crippen LogP) is 2.85. The van der Waals surface area contributed by atoms with Crippen molar-refractivity contribution < 1.29 is 17.9 Å². The molecule has 0 spiro atoms. The predicted molar refractivity (Wildman–Crippen MR) is 84.4 cm³/mol. The zero-order valence-corrected chi connectivity index (χ0v) is 13.0. The van der Waals surface area contributed by atoms with E-state index in [0.29, 0.717) is 49.3 Å². The van der Waals surface area contributed by atoms with Crippen LogP contribution in [0.5, 0.6) is 0 Å². The normalized spacial score (nSPS) is 15.5. The zero-order valence-electron chi connectivity index (χ0n) is 12.2. The van der Waals surface area contributed by atoms with Crippen molar-refractivity contribution in [2.24, 2.45) is 0 Å². The van der Waals surface area contributed by atoms with Gasteiger partial charge in [0.05, 0.1) is 30.2 Å². The molecule has 0 amide bonds. The Bertz CT molecular complexity index is 531. The molecule has 1 aromatic rings. The summed E-state index contributed by atoms with van der Waals surface area (Å²) in [6, 6.07) is 3.66. The van der Waals surface area contributed by atoms with Gasteiger partial charge in [0.25, 0.3) is 0 Å². The van der Waals surface area contributed by atoms with Crippen LogP contribution in [0.15, 0.2) is 18.2 Å². The van der Waals surface area contributed by atoms with Gasteiger partial charge in [0, 0.05) is 19.6 Å². The molecule has 22 heavy (non-hydrogen) atoms. The van der Waals surface area contributed by atoms with E-state index in [1.807, 2.05) is 11.8 Å². The molecule has 0 saturated carbocycles. The highest BCUT2D eigenvalue weighted by Crippen LogP contribution is 2.35. The van der Waals surface area contributed by atoms with E-state index in [1.165, 1.54) is 6.07 Å². The summed E-state index contributed by atoms with van der Waals surface area (Å²) in [5.74, 6) is 0. The third-order valence-electron chi connectivity index (χ3n) is 3.26. The van der Waals surface area contributed by atoms with Crippen LogP contribution in [-0.4, -0.2) is 38.0 Å². The van der Waals surface area contributed by atoms with Gasteiger partial charge < -0.3 is 20.3 Å². The monoisotopic (exact) mass is 333 g/mol. The Morgan fingerprint density at radius 3 is 2.59 bits per heavy atom. The summed E-state index contributed by atoms with van der Waals surface area (Å²) in [6.45, 7) is 4.83. The minimum Gasteiger partial charge on any atom is -0.378 e. The van der Waals surface area contributed by atoms with Gasteiger partial charge in [-0.05, 0) is 37.3 Å². The number of halogens is 3. The summed E-state index contributed by atoms with van der Waals surface area (Å²) in [7, 11) is 0. The zero-order chi connectivity index (χ0) is 16.2. The van der Waals surface area contributed by atoms with Crippen molar-refractivity contribution in [2.75, 3.05) is 43.1 Å². The van der Waals surface area contributed by atoms with E-state index >= 15 is 0 Å². The second-order valence-corrected chi connectivity index (χ2v) is 5.22.